The van der Waals surface area contributed by atoms with Crippen molar-refractivity contribution < 1.29 is 38.1 Å². The summed E-state index contributed by atoms with van der Waals surface area (Å²) in [7, 11) is 0. The number of carbonyl (C=O) groups excluding carboxylic acids is 4. The molecule has 2 aromatic rings. The van der Waals surface area contributed by atoms with Crippen molar-refractivity contribution in [3.8, 4) is 23.0 Å². The van der Waals surface area contributed by atoms with Gasteiger partial charge in [-0.1, -0.05) is 6.58 Å². The summed E-state index contributed by atoms with van der Waals surface area (Å²) in [6.07, 6.45) is 3.91. The van der Waals surface area contributed by atoms with Crippen molar-refractivity contribution in [3.63, 3.8) is 0 Å². The molecule has 0 unspecified atom stereocenters. The SMILES string of the molecule is C=CC(=O)Oc1ccc(OC(=O)C2CCC(C(=O)Oc3ccc(OC=O)cc3C=N)CC2)cc1. The van der Waals surface area contributed by atoms with Gasteiger partial charge < -0.3 is 24.4 Å². The zero-order valence-electron chi connectivity index (χ0n) is 18.2. The van der Waals surface area contributed by atoms with Crippen LogP contribution in [0.5, 0.6) is 23.0 Å². The average Bonchev–Trinajstić information content (AvgIpc) is 2.86. The minimum Gasteiger partial charge on any atom is -0.429 e. The summed E-state index contributed by atoms with van der Waals surface area (Å²) < 4.78 is 20.6. The van der Waals surface area contributed by atoms with Gasteiger partial charge in [0, 0.05) is 17.9 Å². The van der Waals surface area contributed by atoms with Crippen LogP contribution < -0.4 is 18.9 Å². The standard InChI is InChI=1S/C25H23NO8/c1-2-23(28)32-19-7-9-20(10-8-19)33-24(29)16-3-5-17(6-4-16)25(30)34-22-12-11-21(31-15-27)13-18(22)14-26/h2,7-17,26H,1,3-6H2. The summed E-state index contributed by atoms with van der Waals surface area (Å²) in [5, 5.41) is 7.48. The van der Waals surface area contributed by atoms with Crippen LogP contribution in [0.2, 0.25) is 0 Å². The number of benzene rings is 2. The molecule has 2 aromatic carbocycles. The maximum Gasteiger partial charge on any atom is 0.335 e. The van der Waals surface area contributed by atoms with Gasteiger partial charge in [0.15, 0.2) is 0 Å². The van der Waals surface area contributed by atoms with Gasteiger partial charge in [-0.3, -0.25) is 14.4 Å². The third-order valence-corrected chi connectivity index (χ3v) is 5.35. The van der Waals surface area contributed by atoms with E-state index in [9.17, 15) is 19.2 Å². The molecule has 1 fully saturated rings. The van der Waals surface area contributed by atoms with Crippen molar-refractivity contribution in [1.29, 1.82) is 5.41 Å². The molecule has 0 spiro atoms. The molecule has 176 valence electrons. The second-order valence-corrected chi connectivity index (χ2v) is 7.55. The third-order valence-electron chi connectivity index (χ3n) is 5.35. The Balaban J connectivity index is 1.50. The number of rotatable bonds is 9. The fourth-order valence-electron chi connectivity index (χ4n) is 3.55. The highest BCUT2D eigenvalue weighted by Crippen LogP contribution is 2.32. The smallest absolute Gasteiger partial charge is 0.335 e. The fourth-order valence-corrected chi connectivity index (χ4v) is 3.55. The first-order chi connectivity index (χ1) is 16.4. The Morgan fingerprint density at radius 2 is 1.35 bits per heavy atom. The molecule has 1 aliphatic rings. The summed E-state index contributed by atoms with van der Waals surface area (Å²) in [6, 6.07) is 10.4. The van der Waals surface area contributed by atoms with E-state index in [0.29, 0.717) is 42.7 Å². The molecular formula is C25H23NO8. The van der Waals surface area contributed by atoms with Gasteiger partial charge in [-0.25, -0.2) is 4.79 Å². The van der Waals surface area contributed by atoms with Crippen LogP contribution >= 0.6 is 0 Å². The Bertz CT molecular complexity index is 1080. The van der Waals surface area contributed by atoms with Crippen molar-refractivity contribution in [3.05, 3.63) is 60.7 Å². The number of nitrogens with one attached hydrogen (secondary N) is 1. The minimum atomic E-state index is -0.585. The van der Waals surface area contributed by atoms with Crippen molar-refractivity contribution in [1.82, 2.24) is 0 Å². The molecule has 0 amide bonds. The molecule has 0 saturated heterocycles. The van der Waals surface area contributed by atoms with Crippen LogP contribution in [0, 0.1) is 17.2 Å². The van der Waals surface area contributed by atoms with Crippen LogP contribution in [0.3, 0.4) is 0 Å². The van der Waals surface area contributed by atoms with E-state index in [2.05, 4.69) is 6.58 Å². The van der Waals surface area contributed by atoms with Crippen LogP contribution in [0.15, 0.2) is 55.1 Å². The summed E-state index contributed by atoms with van der Waals surface area (Å²) in [5.41, 5.74) is 0.301. The first-order valence-electron chi connectivity index (χ1n) is 10.6. The van der Waals surface area contributed by atoms with E-state index in [0.717, 1.165) is 12.3 Å². The molecule has 9 nitrogen and oxygen atoms in total. The van der Waals surface area contributed by atoms with Gasteiger partial charge >= 0.3 is 17.9 Å². The quantitative estimate of drug-likeness (QED) is 0.195. The lowest BCUT2D eigenvalue weighted by Gasteiger charge is -2.26. The monoisotopic (exact) mass is 465 g/mol. The molecule has 1 N–H and O–H groups in total. The largest absolute Gasteiger partial charge is 0.429 e. The minimum absolute atomic E-state index is 0.196. The molecule has 0 bridgehead atoms. The van der Waals surface area contributed by atoms with Crippen molar-refractivity contribution in [2.45, 2.75) is 25.7 Å². The second-order valence-electron chi connectivity index (χ2n) is 7.55. The predicted octanol–water partition coefficient (Wildman–Crippen LogP) is 3.63. The Kier molecular flexibility index (Phi) is 8.28. The highest BCUT2D eigenvalue weighted by atomic mass is 16.5. The van der Waals surface area contributed by atoms with Gasteiger partial charge in [0.25, 0.3) is 6.47 Å². The lowest BCUT2D eigenvalue weighted by atomic mass is 9.82. The lowest BCUT2D eigenvalue weighted by Crippen LogP contribution is -2.30. The molecule has 0 radical (unpaired) electrons. The molecule has 34 heavy (non-hydrogen) atoms. The first-order valence-corrected chi connectivity index (χ1v) is 10.6. The van der Waals surface area contributed by atoms with E-state index >= 15 is 0 Å². The number of carbonyl (C=O) groups is 4. The molecule has 1 aliphatic carbocycles. The average molecular weight is 465 g/mol. The zero-order valence-corrected chi connectivity index (χ0v) is 18.2. The molecule has 0 heterocycles. The van der Waals surface area contributed by atoms with Crippen LogP contribution in [-0.4, -0.2) is 30.6 Å². The summed E-state index contributed by atoms with van der Waals surface area (Å²) in [4.78, 5) is 46.8. The van der Waals surface area contributed by atoms with E-state index in [4.69, 9.17) is 24.4 Å². The topological polar surface area (TPSA) is 129 Å². The van der Waals surface area contributed by atoms with Crippen LogP contribution in [-0.2, 0) is 19.2 Å². The fraction of sp³-hybridized carbons (Fsp3) is 0.240. The van der Waals surface area contributed by atoms with Gasteiger partial charge in [-0.15, -0.1) is 0 Å². The maximum atomic E-state index is 12.6. The Morgan fingerprint density at radius 1 is 0.824 bits per heavy atom. The highest BCUT2D eigenvalue weighted by molar-refractivity contribution is 5.85. The van der Waals surface area contributed by atoms with Gasteiger partial charge in [-0.05, 0) is 68.1 Å². The van der Waals surface area contributed by atoms with Crippen LogP contribution in [0.4, 0.5) is 0 Å². The molecule has 3 rings (SSSR count). The highest BCUT2D eigenvalue weighted by Gasteiger charge is 2.32. The van der Waals surface area contributed by atoms with E-state index in [1.165, 1.54) is 42.5 Å². The maximum absolute atomic E-state index is 12.6. The van der Waals surface area contributed by atoms with Gasteiger partial charge in [0.1, 0.15) is 23.0 Å². The Morgan fingerprint density at radius 3 is 1.88 bits per heavy atom. The van der Waals surface area contributed by atoms with Crippen LogP contribution in [0.1, 0.15) is 31.2 Å². The summed E-state index contributed by atoms with van der Waals surface area (Å²) in [6.45, 7) is 3.59. The summed E-state index contributed by atoms with van der Waals surface area (Å²) >= 11 is 0. The van der Waals surface area contributed by atoms with E-state index in [-0.39, 0.29) is 35.8 Å². The number of hydrogen-bond acceptors (Lipinski definition) is 9. The number of ether oxygens (including phenoxy) is 4. The third kappa shape index (κ3) is 6.38. The Labute approximate surface area is 195 Å². The normalized spacial score (nSPS) is 17.1. The van der Waals surface area contributed by atoms with E-state index in [1.54, 1.807) is 0 Å². The van der Waals surface area contributed by atoms with Gasteiger partial charge in [0.2, 0.25) is 0 Å². The second kappa shape index (κ2) is 11.6. The number of esters is 3. The molecule has 1 saturated carbocycles. The zero-order chi connectivity index (χ0) is 24.5. The van der Waals surface area contributed by atoms with Gasteiger partial charge in [0.05, 0.1) is 11.8 Å². The molecule has 9 heteroatoms. The number of hydrogen-bond donors (Lipinski definition) is 1. The van der Waals surface area contributed by atoms with Crippen molar-refractivity contribution in [2.75, 3.05) is 0 Å². The predicted molar refractivity (Wildman–Crippen MR) is 120 cm³/mol. The van der Waals surface area contributed by atoms with E-state index in [1.807, 2.05) is 0 Å². The van der Waals surface area contributed by atoms with Gasteiger partial charge in [-0.2, -0.15) is 0 Å². The Hall–Kier alpha value is -4.27. The van der Waals surface area contributed by atoms with Crippen molar-refractivity contribution in [2.24, 2.45) is 11.8 Å². The first kappa shape index (κ1) is 24.4. The van der Waals surface area contributed by atoms with E-state index < -0.39 is 11.9 Å². The summed E-state index contributed by atoms with van der Waals surface area (Å²) in [5.74, 6) is -1.08. The molecule has 0 aromatic heterocycles. The van der Waals surface area contributed by atoms with Crippen molar-refractivity contribution >= 4 is 30.6 Å². The lowest BCUT2D eigenvalue weighted by molar-refractivity contribution is -0.145. The molecular weight excluding hydrogens is 442 g/mol. The van der Waals surface area contributed by atoms with Crippen LogP contribution in [0.25, 0.3) is 0 Å². The molecule has 0 atom stereocenters. The molecule has 0 aliphatic heterocycles.